The van der Waals surface area contributed by atoms with E-state index in [1.54, 1.807) is 11.5 Å². The molecule has 0 N–H and O–H groups in total. The van der Waals surface area contributed by atoms with E-state index in [1.165, 1.54) is 6.92 Å². The van der Waals surface area contributed by atoms with E-state index in [0.29, 0.717) is 30.0 Å². The number of rotatable bonds is 4. The fourth-order valence-electron chi connectivity index (χ4n) is 2.28. The molecule has 0 aliphatic heterocycles. The molecule has 0 saturated carbocycles. The SMILES string of the molecule is CCn1c(C)nc2cc(S(=O)(=O)C(F)(F)C(F)(F)C(F)(F)F)ccc21. The molecule has 0 bridgehead atoms. The van der Waals surface area contributed by atoms with E-state index in [-0.39, 0.29) is 5.52 Å². The molecule has 0 atom stereocenters. The molecule has 0 unspecified atom stereocenters. The average Bonchev–Trinajstić information content (AvgIpc) is 2.79. The van der Waals surface area contributed by atoms with E-state index in [4.69, 9.17) is 0 Å². The molecule has 12 heteroatoms. The lowest BCUT2D eigenvalue weighted by Gasteiger charge is -2.27. The van der Waals surface area contributed by atoms with Crippen molar-refractivity contribution in [2.75, 3.05) is 0 Å². The van der Waals surface area contributed by atoms with Gasteiger partial charge in [0.05, 0.1) is 15.9 Å². The van der Waals surface area contributed by atoms with Gasteiger partial charge in [0, 0.05) is 6.54 Å². The third-order valence-electron chi connectivity index (χ3n) is 3.60. The fraction of sp³-hybridized carbons (Fsp3) is 0.462. The maximum Gasteiger partial charge on any atom is 0.461 e. The maximum absolute atomic E-state index is 13.6. The Morgan fingerprint density at radius 2 is 1.64 bits per heavy atom. The van der Waals surface area contributed by atoms with E-state index >= 15 is 0 Å². The van der Waals surface area contributed by atoms with Crippen molar-refractivity contribution in [3.63, 3.8) is 0 Å². The molecule has 1 aromatic heterocycles. The van der Waals surface area contributed by atoms with Gasteiger partial charge in [0.1, 0.15) is 5.82 Å². The normalized spacial score (nSPS) is 14.3. The first-order valence-corrected chi connectivity index (χ1v) is 8.20. The number of fused-ring (bicyclic) bond motifs is 1. The second kappa shape index (κ2) is 5.58. The summed E-state index contributed by atoms with van der Waals surface area (Å²) in [6, 6.07) is 2.11. The number of halogens is 7. The highest BCUT2D eigenvalue weighted by Gasteiger charge is 2.78. The largest absolute Gasteiger partial charge is 0.461 e. The minimum absolute atomic E-state index is 0.119. The van der Waals surface area contributed by atoms with Gasteiger partial charge in [0.2, 0.25) is 9.84 Å². The average molecular weight is 392 g/mol. The number of imidazole rings is 1. The van der Waals surface area contributed by atoms with Gasteiger partial charge in [-0.2, -0.15) is 30.7 Å². The van der Waals surface area contributed by atoms with E-state index < -0.39 is 32.1 Å². The summed E-state index contributed by atoms with van der Waals surface area (Å²) in [4.78, 5) is 2.52. The summed E-state index contributed by atoms with van der Waals surface area (Å²) in [7, 11) is -6.33. The number of hydrogen-bond acceptors (Lipinski definition) is 3. The number of sulfone groups is 1. The van der Waals surface area contributed by atoms with Gasteiger partial charge in [0.15, 0.2) is 0 Å². The van der Waals surface area contributed by atoms with E-state index in [9.17, 15) is 39.2 Å². The topological polar surface area (TPSA) is 52.0 Å². The lowest BCUT2D eigenvalue weighted by molar-refractivity contribution is -0.332. The minimum Gasteiger partial charge on any atom is -0.329 e. The van der Waals surface area contributed by atoms with Gasteiger partial charge in [-0.3, -0.25) is 0 Å². The zero-order valence-corrected chi connectivity index (χ0v) is 13.5. The van der Waals surface area contributed by atoms with Crippen LogP contribution in [0.15, 0.2) is 23.1 Å². The van der Waals surface area contributed by atoms with Crippen molar-refractivity contribution in [2.45, 2.75) is 42.6 Å². The zero-order chi connectivity index (χ0) is 19.4. The Bertz CT molecular complexity index is 916. The predicted molar refractivity (Wildman–Crippen MR) is 73.3 cm³/mol. The monoisotopic (exact) mass is 392 g/mol. The van der Waals surface area contributed by atoms with Crippen LogP contribution < -0.4 is 0 Å². The second-order valence-corrected chi connectivity index (χ2v) is 7.14. The number of aromatic nitrogens is 2. The lowest BCUT2D eigenvalue weighted by atomic mass is 10.3. The fourth-order valence-corrected chi connectivity index (χ4v) is 3.54. The molecule has 0 aliphatic rings. The molecule has 1 heterocycles. The van der Waals surface area contributed by atoms with Crippen molar-refractivity contribution < 1.29 is 39.2 Å². The summed E-state index contributed by atoms with van der Waals surface area (Å²) in [5, 5.41) is -6.38. The minimum atomic E-state index is -6.76. The van der Waals surface area contributed by atoms with Crippen molar-refractivity contribution >= 4 is 20.9 Å². The molecule has 1 aromatic carbocycles. The first kappa shape index (κ1) is 19.5. The molecular weight excluding hydrogens is 381 g/mol. The van der Waals surface area contributed by atoms with Crippen LogP contribution in [-0.2, 0) is 16.4 Å². The molecule has 0 amide bonds. The van der Waals surface area contributed by atoms with Crippen LogP contribution in [0.1, 0.15) is 12.7 Å². The molecule has 0 saturated heterocycles. The molecule has 2 aromatic rings. The highest BCUT2D eigenvalue weighted by molar-refractivity contribution is 7.92. The Labute approximate surface area is 137 Å². The summed E-state index contributed by atoms with van der Waals surface area (Å²) in [6.45, 7) is 3.65. The highest BCUT2D eigenvalue weighted by atomic mass is 32.2. The van der Waals surface area contributed by atoms with Gasteiger partial charge in [-0.05, 0) is 32.0 Å². The van der Waals surface area contributed by atoms with Gasteiger partial charge in [0.25, 0.3) is 0 Å². The first-order chi connectivity index (χ1) is 11.2. The Morgan fingerprint density at radius 1 is 1.08 bits per heavy atom. The smallest absolute Gasteiger partial charge is 0.329 e. The number of aryl methyl sites for hydroxylation is 2. The van der Waals surface area contributed by atoms with E-state index in [1.807, 2.05) is 0 Å². The Morgan fingerprint density at radius 3 is 2.12 bits per heavy atom. The van der Waals surface area contributed by atoms with Gasteiger partial charge < -0.3 is 4.57 Å². The van der Waals surface area contributed by atoms with Crippen LogP contribution in [0.2, 0.25) is 0 Å². The van der Waals surface area contributed by atoms with Crippen LogP contribution in [0.5, 0.6) is 0 Å². The molecule has 0 fully saturated rings. The summed E-state index contributed by atoms with van der Waals surface area (Å²) >= 11 is 0. The van der Waals surface area contributed by atoms with E-state index in [2.05, 4.69) is 4.98 Å². The van der Waals surface area contributed by atoms with Gasteiger partial charge in [-0.25, -0.2) is 13.4 Å². The number of hydrogen-bond donors (Lipinski definition) is 0. The van der Waals surface area contributed by atoms with Crippen LogP contribution in [0.25, 0.3) is 11.0 Å². The third kappa shape index (κ3) is 2.66. The molecule has 0 spiro atoms. The predicted octanol–water partition coefficient (Wildman–Crippen LogP) is 3.93. The molecular formula is C13H11F7N2O2S. The van der Waals surface area contributed by atoms with Crippen molar-refractivity contribution in [1.29, 1.82) is 0 Å². The number of benzene rings is 1. The standard InChI is InChI=1S/C13H11F7N2O2S/c1-3-22-7(2)21-9-6-8(4-5-10(9)22)25(23,24)13(19,20)11(14,15)12(16,17)18/h4-6H,3H2,1-2H3. The van der Waals surface area contributed by atoms with Crippen LogP contribution in [0.4, 0.5) is 30.7 Å². The Hall–Kier alpha value is -1.85. The second-order valence-electron chi connectivity index (χ2n) is 5.15. The summed E-state index contributed by atoms with van der Waals surface area (Å²) in [5.74, 6) is -6.37. The van der Waals surface area contributed by atoms with Crippen LogP contribution in [-0.4, -0.2) is 35.3 Å². The van der Waals surface area contributed by atoms with Crippen molar-refractivity contribution in [3.8, 4) is 0 Å². The van der Waals surface area contributed by atoms with Crippen molar-refractivity contribution in [2.24, 2.45) is 0 Å². The number of nitrogens with zero attached hydrogens (tertiary/aromatic N) is 2. The van der Waals surface area contributed by atoms with Crippen LogP contribution in [0.3, 0.4) is 0 Å². The van der Waals surface area contributed by atoms with Gasteiger partial charge in [-0.1, -0.05) is 0 Å². The van der Waals surface area contributed by atoms with Crippen molar-refractivity contribution in [1.82, 2.24) is 9.55 Å². The molecule has 4 nitrogen and oxygen atoms in total. The van der Waals surface area contributed by atoms with Crippen molar-refractivity contribution in [3.05, 3.63) is 24.0 Å². The summed E-state index contributed by atoms with van der Waals surface area (Å²) in [6.07, 6.45) is -6.74. The summed E-state index contributed by atoms with van der Waals surface area (Å²) < 4.78 is 115. The van der Waals surface area contributed by atoms with Crippen LogP contribution >= 0.6 is 0 Å². The summed E-state index contributed by atoms with van der Waals surface area (Å²) in [5.41, 5.74) is 0.205. The molecule has 25 heavy (non-hydrogen) atoms. The van der Waals surface area contributed by atoms with E-state index in [0.717, 1.165) is 6.07 Å². The molecule has 140 valence electrons. The molecule has 0 radical (unpaired) electrons. The molecule has 2 rings (SSSR count). The molecule has 0 aliphatic carbocycles. The third-order valence-corrected chi connectivity index (χ3v) is 5.40. The quantitative estimate of drug-likeness (QED) is 0.741. The zero-order valence-electron chi connectivity index (χ0n) is 12.7. The Kier molecular flexibility index (Phi) is 4.34. The lowest BCUT2D eigenvalue weighted by Crippen LogP contribution is -2.55. The van der Waals surface area contributed by atoms with Crippen LogP contribution in [0, 0.1) is 6.92 Å². The van der Waals surface area contributed by atoms with Gasteiger partial charge >= 0.3 is 17.4 Å². The maximum atomic E-state index is 13.6. The first-order valence-electron chi connectivity index (χ1n) is 6.72. The van der Waals surface area contributed by atoms with Gasteiger partial charge in [-0.15, -0.1) is 0 Å². The number of alkyl halides is 7. The Balaban J connectivity index is 2.65. The highest BCUT2D eigenvalue weighted by Crippen LogP contribution is 2.50.